The molecule has 100 valence electrons. The second kappa shape index (κ2) is 5.41. The predicted octanol–water partition coefficient (Wildman–Crippen LogP) is 3.94. The normalized spacial score (nSPS) is 10.6. The molecule has 0 aliphatic carbocycles. The lowest BCUT2D eigenvalue weighted by atomic mass is 10.3. The van der Waals surface area contributed by atoms with Crippen molar-refractivity contribution in [1.82, 2.24) is 9.78 Å². The van der Waals surface area contributed by atoms with E-state index in [0.717, 1.165) is 0 Å². The quantitative estimate of drug-likeness (QED) is 0.911. The Hall–Kier alpha value is -1.23. The number of hydrogen-bond acceptors (Lipinski definition) is 2. The van der Waals surface area contributed by atoms with Gasteiger partial charge in [0.1, 0.15) is 5.69 Å². The minimum atomic E-state index is -0.391. The molecule has 7 heteroatoms. The van der Waals surface area contributed by atoms with Gasteiger partial charge in [0, 0.05) is 7.05 Å². The maximum Gasteiger partial charge on any atom is 0.275 e. The Bertz CT molecular complexity index is 652. The van der Waals surface area contributed by atoms with Crippen LogP contribution in [0.15, 0.2) is 18.2 Å². The van der Waals surface area contributed by atoms with Crippen LogP contribution in [0.1, 0.15) is 16.2 Å². The van der Waals surface area contributed by atoms with E-state index in [1.807, 2.05) is 0 Å². The highest BCUT2D eigenvalue weighted by Crippen LogP contribution is 2.30. The Morgan fingerprint density at radius 3 is 2.53 bits per heavy atom. The van der Waals surface area contributed by atoms with Crippen LogP contribution < -0.4 is 5.32 Å². The zero-order valence-corrected chi connectivity index (χ0v) is 12.4. The Labute approximate surface area is 125 Å². The first kappa shape index (κ1) is 14.2. The lowest BCUT2D eigenvalue weighted by Gasteiger charge is -2.08. The van der Waals surface area contributed by atoms with E-state index < -0.39 is 5.91 Å². The standard InChI is InChI=1S/C12H10Cl3N3O/c1-6-9(14)11(18(2)17-6)12(19)16-8-5-3-4-7(13)10(8)15/h3-5H,1-2H3,(H,16,19). The van der Waals surface area contributed by atoms with Crippen molar-refractivity contribution in [2.45, 2.75) is 6.92 Å². The average Bonchev–Trinajstić information content (AvgIpc) is 2.59. The second-order valence-electron chi connectivity index (χ2n) is 3.93. The highest BCUT2D eigenvalue weighted by atomic mass is 35.5. The number of aryl methyl sites for hydroxylation is 2. The lowest BCUT2D eigenvalue weighted by molar-refractivity contribution is 0.101. The summed E-state index contributed by atoms with van der Waals surface area (Å²) in [6, 6.07) is 4.99. The van der Waals surface area contributed by atoms with Gasteiger partial charge in [0.2, 0.25) is 0 Å². The average molecular weight is 319 g/mol. The van der Waals surface area contributed by atoms with Crippen LogP contribution in [0.3, 0.4) is 0 Å². The molecule has 19 heavy (non-hydrogen) atoms. The smallest absolute Gasteiger partial charge is 0.275 e. The molecule has 0 radical (unpaired) electrons. The molecule has 0 saturated carbocycles. The number of nitrogens with zero attached hydrogens (tertiary/aromatic N) is 2. The van der Waals surface area contributed by atoms with Crippen LogP contribution in [0.25, 0.3) is 0 Å². The zero-order valence-electron chi connectivity index (χ0n) is 10.2. The highest BCUT2D eigenvalue weighted by molar-refractivity contribution is 6.44. The summed E-state index contributed by atoms with van der Waals surface area (Å²) in [5.41, 5.74) is 1.29. The maximum absolute atomic E-state index is 12.2. The van der Waals surface area contributed by atoms with Crippen molar-refractivity contribution in [3.8, 4) is 0 Å². The molecular formula is C12H10Cl3N3O. The Balaban J connectivity index is 2.34. The lowest BCUT2D eigenvalue weighted by Crippen LogP contribution is -2.16. The molecule has 1 aromatic heterocycles. The van der Waals surface area contributed by atoms with Crippen LogP contribution in [-0.4, -0.2) is 15.7 Å². The molecular weight excluding hydrogens is 309 g/mol. The molecule has 1 heterocycles. The fourth-order valence-electron chi connectivity index (χ4n) is 1.66. The summed E-state index contributed by atoms with van der Waals surface area (Å²) < 4.78 is 1.42. The van der Waals surface area contributed by atoms with Crippen LogP contribution in [0.4, 0.5) is 5.69 Å². The summed E-state index contributed by atoms with van der Waals surface area (Å²) in [5.74, 6) is -0.391. The molecule has 1 N–H and O–H groups in total. The number of rotatable bonds is 2. The minimum Gasteiger partial charge on any atom is -0.319 e. The van der Waals surface area contributed by atoms with Crippen molar-refractivity contribution in [2.75, 3.05) is 5.32 Å². The maximum atomic E-state index is 12.2. The number of halogens is 3. The number of amides is 1. The Morgan fingerprint density at radius 2 is 1.95 bits per heavy atom. The van der Waals surface area contributed by atoms with Crippen molar-refractivity contribution in [1.29, 1.82) is 0 Å². The summed E-state index contributed by atoms with van der Waals surface area (Å²) >= 11 is 17.9. The Morgan fingerprint density at radius 1 is 1.26 bits per heavy atom. The number of benzene rings is 1. The topological polar surface area (TPSA) is 46.9 Å². The molecule has 4 nitrogen and oxygen atoms in total. The molecule has 0 unspecified atom stereocenters. The van der Waals surface area contributed by atoms with E-state index in [2.05, 4.69) is 10.4 Å². The van der Waals surface area contributed by atoms with E-state index in [-0.39, 0.29) is 10.7 Å². The first-order chi connectivity index (χ1) is 8.91. The molecule has 2 rings (SSSR count). The molecule has 1 aromatic carbocycles. The number of carbonyl (C=O) groups excluding carboxylic acids is 1. The van der Waals surface area contributed by atoms with Crippen LogP contribution in [0.5, 0.6) is 0 Å². The molecule has 0 fully saturated rings. The number of nitrogens with one attached hydrogen (secondary N) is 1. The SMILES string of the molecule is Cc1nn(C)c(C(=O)Nc2cccc(Cl)c2Cl)c1Cl. The van der Waals surface area contributed by atoms with Crippen LogP contribution in [0, 0.1) is 6.92 Å². The number of anilines is 1. The molecule has 0 atom stereocenters. The van der Waals surface area contributed by atoms with Gasteiger partial charge in [0.05, 0.1) is 26.4 Å². The molecule has 2 aromatic rings. The zero-order chi connectivity index (χ0) is 14.2. The summed E-state index contributed by atoms with van der Waals surface area (Å²) in [6.45, 7) is 1.73. The molecule has 0 spiro atoms. The number of hydrogen-bond donors (Lipinski definition) is 1. The number of carbonyl (C=O) groups is 1. The van der Waals surface area contributed by atoms with Gasteiger partial charge in [-0.3, -0.25) is 9.48 Å². The Kier molecular flexibility index (Phi) is 4.04. The van der Waals surface area contributed by atoms with Gasteiger partial charge < -0.3 is 5.32 Å². The van der Waals surface area contributed by atoms with Crippen LogP contribution in [-0.2, 0) is 7.05 Å². The van der Waals surface area contributed by atoms with E-state index in [0.29, 0.717) is 21.4 Å². The van der Waals surface area contributed by atoms with E-state index >= 15 is 0 Å². The van der Waals surface area contributed by atoms with E-state index in [1.54, 1.807) is 32.2 Å². The first-order valence-corrected chi connectivity index (χ1v) is 6.49. The van der Waals surface area contributed by atoms with Crippen LogP contribution in [0.2, 0.25) is 15.1 Å². The predicted molar refractivity (Wildman–Crippen MR) is 77.4 cm³/mol. The largest absolute Gasteiger partial charge is 0.319 e. The van der Waals surface area contributed by atoms with E-state index in [4.69, 9.17) is 34.8 Å². The van der Waals surface area contributed by atoms with Crippen molar-refractivity contribution in [3.63, 3.8) is 0 Å². The van der Waals surface area contributed by atoms with Gasteiger partial charge >= 0.3 is 0 Å². The molecule has 0 aliphatic heterocycles. The molecule has 0 saturated heterocycles. The third-order valence-electron chi connectivity index (χ3n) is 2.56. The highest BCUT2D eigenvalue weighted by Gasteiger charge is 2.19. The first-order valence-electron chi connectivity index (χ1n) is 5.36. The van der Waals surface area contributed by atoms with Crippen molar-refractivity contribution < 1.29 is 4.79 Å². The third-order valence-corrected chi connectivity index (χ3v) is 3.84. The van der Waals surface area contributed by atoms with Crippen molar-refractivity contribution >= 4 is 46.4 Å². The summed E-state index contributed by atoms with van der Waals surface area (Å²) in [5, 5.41) is 7.71. The summed E-state index contributed by atoms with van der Waals surface area (Å²) in [6.07, 6.45) is 0. The van der Waals surface area contributed by atoms with Gasteiger partial charge in [-0.25, -0.2) is 0 Å². The van der Waals surface area contributed by atoms with Gasteiger partial charge in [-0.1, -0.05) is 40.9 Å². The van der Waals surface area contributed by atoms with E-state index in [1.165, 1.54) is 4.68 Å². The van der Waals surface area contributed by atoms with Crippen LogP contribution >= 0.6 is 34.8 Å². The van der Waals surface area contributed by atoms with Gasteiger partial charge in [0.25, 0.3) is 5.91 Å². The fraction of sp³-hybridized carbons (Fsp3) is 0.167. The molecule has 1 amide bonds. The van der Waals surface area contributed by atoms with E-state index in [9.17, 15) is 4.79 Å². The minimum absolute atomic E-state index is 0.273. The molecule has 0 aliphatic rings. The van der Waals surface area contributed by atoms with Gasteiger partial charge in [-0.05, 0) is 19.1 Å². The van der Waals surface area contributed by atoms with Gasteiger partial charge in [-0.15, -0.1) is 0 Å². The fourth-order valence-corrected chi connectivity index (χ4v) is 2.25. The number of aromatic nitrogens is 2. The second-order valence-corrected chi connectivity index (χ2v) is 5.09. The van der Waals surface area contributed by atoms with Gasteiger partial charge in [0.15, 0.2) is 0 Å². The monoisotopic (exact) mass is 317 g/mol. The van der Waals surface area contributed by atoms with Gasteiger partial charge in [-0.2, -0.15) is 5.10 Å². The third kappa shape index (κ3) is 2.71. The summed E-state index contributed by atoms with van der Waals surface area (Å²) in [4.78, 5) is 12.2. The summed E-state index contributed by atoms with van der Waals surface area (Å²) in [7, 11) is 1.65. The molecule has 0 bridgehead atoms. The van der Waals surface area contributed by atoms with Crippen molar-refractivity contribution in [3.05, 3.63) is 44.7 Å². The van der Waals surface area contributed by atoms with Crippen molar-refractivity contribution in [2.24, 2.45) is 7.05 Å².